The molecule has 0 heterocycles. The fourth-order valence-corrected chi connectivity index (χ4v) is 2.33. The topological polar surface area (TPSA) is 21.3 Å². The molecule has 0 aliphatic heterocycles. The zero-order valence-corrected chi connectivity index (χ0v) is 10.7. The summed E-state index contributed by atoms with van der Waals surface area (Å²) in [7, 11) is 1.64. The van der Waals surface area contributed by atoms with Crippen molar-refractivity contribution in [2.75, 3.05) is 13.7 Å². The van der Waals surface area contributed by atoms with E-state index in [1.807, 2.05) is 0 Å². The Balaban J connectivity index is 2.08. The van der Waals surface area contributed by atoms with Gasteiger partial charge in [-0.1, -0.05) is 6.07 Å². The van der Waals surface area contributed by atoms with Gasteiger partial charge in [0.2, 0.25) is 0 Å². The first-order chi connectivity index (χ1) is 8.63. The van der Waals surface area contributed by atoms with Crippen LogP contribution in [0.4, 0.5) is 8.78 Å². The van der Waals surface area contributed by atoms with E-state index in [1.165, 1.54) is 18.2 Å². The largest absolute Gasteiger partial charge is 0.383 e. The number of rotatable bonds is 6. The van der Waals surface area contributed by atoms with E-state index in [0.29, 0.717) is 12.5 Å². The number of benzene rings is 1. The summed E-state index contributed by atoms with van der Waals surface area (Å²) in [5.41, 5.74) is 0.110. The van der Waals surface area contributed by atoms with E-state index >= 15 is 0 Å². The van der Waals surface area contributed by atoms with Crippen LogP contribution in [0.2, 0.25) is 0 Å². The molecule has 0 bridgehead atoms. The third-order valence-electron chi connectivity index (χ3n) is 3.43. The molecule has 2 atom stereocenters. The van der Waals surface area contributed by atoms with E-state index in [2.05, 4.69) is 5.32 Å². The van der Waals surface area contributed by atoms with Crippen LogP contribution in [0.5, 0.6) is 0 Å². The summed E-state index contributed by atoms with van der Waals surface area (Å²) < 4.78 is 32.4. The highest BCUT2D eigenvalue weighted by molar-refractivity contribution is 5.23. The van der Waals surface area contributed by atoms with Crippen LogP contribution in [0, 0.1) is 17.6 Å². The average Bonchev–Trinajstić information content (AvgIpc) is 3.12. The van der Waals surface area contributed by atoms with Crippen molar-refractivity contribution in [3.8, 4) is 0 Å². The quantitative estimate of drug-likeness (QED) is 0.843. The molecule has 1 N–H and O–H groups in total. The van der Waals surface area contributed by atoms with Gasteiger partial charge in [0.1, 0.15) is 11.6 Å². The van der Waals surface area contributed by atoms with E-state index in [4.69, 9.17) is 4.74 Å². The van der Waals surface area contributed by atoms with Crippen LogP contribution in [0.3, 0.4) is 0 Å². The second kappa shape index (κ2) is 5.76. The first-order valence-electron chi connectivity index (χ1n) is 6.32. The first kappa shape index (κ1) is 13.4. The van der Waals surface area contributed by atoms with E-state index in [-0.39, 0.29) is 17.6 Å². The van der Waals surface area contributed by atoms with Gasteiger partial charge in [-0.3, -0.25) is 0 Å². The van der Waals surface area contributed by atoms with Crippen LogP contribution in [-0.4, -0.2) is 19.8 Å². The molecule has 100 valence electrons. The molecule has 1 aliphatic carbocycles. The maximum Gasteiger partial charge on any atom is 0.130 e. The second-order valence-corrected chi connectivity index (χ2v) is 4.92. The number of hydrogen-bond donors (Lipinski definition) is 1. The van der Waals surface area contributed by atoms with Gasteiger partial charge in [-0.25, -0.2) is 8.78 Å². The maximum atomic E-state index is 13.6. The van der Waals surface area contributed by atoms with E-state index < -0.39 is 11.6 Å². The van der Waals surface area contributed by atoms with Crippen molar-refractivity contribution in [1.29, 1.82) is 0 Å². The number of halogens is 2. The molecular weight excluding hydrogens is 236 g/mol. The Morgan fingerprint density at radius 1 is 1.33 bits per heavy atom. The molecule has 4 heteroatoms. The Kier molecular flexibility index (Phi) is 4.30. The first-order valence-corrected chi connectivity index (χ1v) is 6.32. The lowest BCUT2D eigenvalue weighted by Gasteiger charge is -2.23. The predicted octanol–water partition coefficient (Wildman–Crippen LogP) is 3.04. The van der Waals surface area contributed by atoms with E-state index in [9.17, 15) is 8.78 Å². The summed E-state index contributed by atoms with van der Waals surface area (Å²) in [6.07, 6.45) is 2.32. The van der Waals surface area contributed by atoms with Gasteiger partial charge in [0.15, 0.2) is 0 Å². The fourth-order valence-electron chi connectivity index (χ4n) is 2.33. The molecule has 0 spiro atoms. The third-order valence-corrected chi connectivity index (χ3v) is 3.43. The molecule has 0 saturated heterocycles. The predicted molar refractivity (Wildman–Crippen MR) is 66.3 cm³/mol. The van der Waals surface area contributed by atoms with E-state index in [0.717, 1.165) is 12.8 Å². The number of hydrogen-bond acceptors (Lipinski definition) is 2. The smallest absolute Gasteiger partial charge is 0.130 e. The van der Waals surface area contributed by atoms with Gasteiger partial charge >= 0.3 is 0 Å². The molecule has 1 aliphatic rings. The minimum atomic E-state index is -0.498. The Morgan fingerprint density at radius 2 is 1.94 bits per heavy atom. The van der Waals surface area contributed by atoms with E-state index in [1.54, 1.807) is 14.0 Å². The van der Waals surface area contributed by atoms with Crippen LogP contribution in [0.1, 0.15) is 31.4 Å². The van der Waals surface area contributed by atoms with Crippen LogP contribution < -0.4 is 5.32 Å². The van der Waals surface area contributed by atoms with Crippen molar-refractivity contribution in [2.24, 2.45) is 5.92 Å². The molecule has 0 amide bonds. The van der Waals surface area contributed by atoms with Crippen LogP contribution in [0.25, 0.3) is 0 Å². The Morgan fingerprint density at radius 3 is 2.44 bits per heavy atom. The van der Waals surface area contributed by atoms with Gasteiger partial charge in [-0.05, 0) is 37.8 Å². The molecule has 1 aromatic carbocycles. The molecular formula is C14H19F2NO. The van der Waals surface area contributed by atoms with Crippen LogP contribution >= 0.6 is 0 Å². The molecule has 2 unspecified atom stereocenters. The van der Waals surface area contributed by atoms with Crippen molar-refractivity contribution in [3.05, 3.63) is 35.4 Å². The molecule has 2 rings (SSSR count). The van der Waals surface area contributed by atoms with Crippen molar-refractivity contribution >= 4 is 0 Å². The normalized spacial score (nSPS) is 18.7. The molecule has 18 heavy (non-hydrogen) atoms. The van der Waals surface area contributed by atoms with Gasteiger partial charge in [0.25, 0.3) is 0 Å². The SMILES string of the molecule is COCC(NC(C)c1c(F)cccc1F)C1CC1. The minimum Gasteiger partial charge on any atom is -0.383 e. The van der Waals surface area contributed by atoms with Crippen molar-refractivity contribution in [3.63, 3.8) is 0 Å². The summed E-state index contributed by atoms with van der Waals surface area (Å²) in [6, 6.07) is 3.78. The monoisotopic (exact) mass is 255 g/mol. The number of methoxy groups -OCH3 is 1. The highest BCUT2D eigenvalue weighted by Gasteiger charge is 2.32. The van der Waals surface area contributed by atoms with Crippen molar-refractivity contribution in [2.45, 2.75) is 31.8 Å². The minimum absolute atomic E-state index is 0.110. The van der Waals surface area contributed by atoms with Gasteiger partial charge in [-0.15, -0.1) is 0 Å². The number of ether oxygens (including phenoxy) is 1. The highest BCUT2D eigenvalue weighted by Crippen LogP contribution is 2.34. The summed E-state index contributed by atoms with van der Waals surface area (Å²) in [5, 5.41) is 3.27. The fraction of sp³-hybridized carbons (Fsp3) is 0.571. The molecule has 2 nitrogen and oxygen atoms in total. The lowest BCUT2D eigenvalue weighted by molar-refractivity contribution is 0.151. The Bertz CT molecular complexity index is 387. The molecule has 0 radical (unpaired) electrons. The highest BCUT2D eigenvalue weighted by atomic mass is 19.1. The Hall–Kier alpha value is -1.00. The molecule has 1 aromatic rings. The van der Waals surface area contributed by atoms with Crippen LogP contribution in [-0.2, 0) is 4.74 Å². The summed E-state index contributed by atoms with van der Waals surface area (Å²) >= 11 is 0. The van der Waals surface area contributed by atoms with Crippen molar-refractivity contribution in [1.82, 2.24) is 5.32 Å². The van der Waals surface area contributed by atoms with Crippen LogP contribution in [0.15, 0.2) is 18.2 Å². The zero-order valence-electron chi connectivity index (χ0n) is 10.7. The summed E-state index contributed by atoms with van der Waals surface area (Å²) in [5.74, 6) is -0.425. The summed E-state index contributed by atoms with van der Waals surface area (Å²) in [4.78, 5) is 0. The second-order valence-electron chi connectivity index (χ2n) is 4.92. The zero-order chi connectivity index (χ0) is 13.1. The Labute approximate surface area is 106 Å². The summed E-state index contributed by atoms with van der Waals surface area (Å²) in [6.45, 7) is 2.36. The maximum absolute atomic E-state index is 13.6. The lowest BCUT2D eigenvalue weighted by Crippen LogP contribution is -2.37. The average molecular weight is 255 g/mol. The molecule has 1 fully saturated rings. The van der Waals surface area contributed by atoms with Gasteiger partial charge in [0, 0.05) is 24.8 Å². The molecule has 0 aromatic heterocycles. The van der Waals surface area contributed by atoms with Crippen molar-refractivity contribution < 1.29 is 13.5 Å². The van der Waals surface area contributed by atoms with Gasteiger partial charge in [-0.2, -0.15) is 0 Å². The molecule has 1 saturated carbocycles. The number of nitrogens with one attached hydrogen (secondary N) is 1. The lowest BCUT2D eigenvalue weighted by atomic mass is 10.0. The third kappa shape index (κ3) is 3.06. The van der Waals surface area contributed by atoms with Gasteiger partial charge < -0.3 is 10.1 Å². The standard InChI is InChI=1S/C14H19F2NO/c1-9(14-11(15)4-3-5-12(14)16)17-13(8-18-2)10-6-7-10/h3-5,9-10,13,17H,6-8H2,1-2H3. The van der Waals surface area contributed by atoms with Gasteiger partial charge in [0.05, 0.1) is 6.61 Å².